The first-order valence-electron chi connectivity index (χ1n) is 5.33. The van der Waals surface area contributed by atoms with Gasteiger partial charge in [0, 0.05) is 6.54 Å². The second-order valence-corrected chi connectivity index (χ2v) is 3.69. The summed E-state index contributed by atoms with van der Waals surface area (Å²) in [6.07, 6.45) is 2.77. The standard InChI is InChI=1S/C11H16N4O/c1-3-11(16,4-2)8-13-10-9(7-12)5-6-14-15-10/h5-6,16H,3-4,8H2,1-2H3,(H,13,15). The van der Waals surface area contributed by atoms with Crippen LogP contribution in [0.5, 0.6) is 0 Å². The molecule has 0 saturated carbocycles. The molecule has 0 aliphatic rings. The Bertz CT molecular complexity index is 382. The summed E-state index contributed by atoms with van der Waals surface area (Å²) in [7, 11) is 0. The van der Waals surface area contributed by atoms with Crippen molar-refractivity contribution in [1.82, 2.24) is 10.2 Å². The molecule has 1 aromatic heterocycles. The SMILES string of the molecule is CCC(O)(CC)CNc1nnccc1C#N. The molecule has 0 atom stereocenters. The molecule has 0 fully saturated rings. The minimum absolute atomic E-state index is 0.368. The van der Waals surface area contributed by atoms with E-state index in [9.17, 15) is 5.11 Å². The molecule has 5 nitrogen and oxygen atoms in total. The van der Waals surface area contributed by atoms with E-state index in [0.717, 1.165) is 0 Å². The summed E-state index contributed by atoms with van der Waals surface area (Å²) in [6.45, 7) is 4.22. The van der Waals surface area contributed by atoms with Crippen LogP contribution in [0.15, 0.2) is 12.3 Å². The van der Waals surface area contributed by atoms with Crippen LogP contribution in [0, 0.1) is 11.3 Å². The van der Waals surface area contributed by atoms with E-state index in [0.29, 0.717) is 30.8 Å². The molecule has 0 aliphatic carbocycles. The number of aromatic nitrogens is 2. The van der Waals surface area contributed by atoms with Gasteiger partial charge in [-0.05, 0) is 18.9 Å². The van der Waals surface area contributed by atoms with E-state index < -0.39 is 5.60 Å². The molecule has 0 amide bonds. The molecule has 2 N–H and O–H groups in total. The van der Waals surface area contributed by atoms with Gasteiger partial charge in [-0.3, -0.25) is 0 Å². The van der Waals surface area contributed by atoms with Gasteiger partial charge in [0.05, 0.1) is 17.4 Å². The highest BCUT2D eigenvalue weighted by atomic mass is 16.3. The lowest BCUT2D eigenvalue weighted by Gasteiger charge is -2.25. The Morgan fingerprint density at radius 1 is 1.50 bits per heavy atom. The summed E-state index contributed by atoms with van der Waals surface area (Å²) < 4.78 is 0. The van der Waals surface area contributed by atoms with Crippen LogP contribution in [0.25, 0.3) is 0 Å². The van der Waals surface area contributed by atoms with Crippen LogP contribution in [-0.4, -0.2) is 27.4 Å². The van der Waals surface area contributed by atoms with Gasteiger partial charge < -0.3 is 10.4 Å². The fourth-order valence-electron chi connectivity index (χ4n) is 1.30. The van der Waals surface area contributed by atoms with E-state index in [2.05, 4.69) is 15.5 Å². The van der Waals surface area contributed by atoms with Crippen molar-refractivity contribution in [2.75, 3.05) is 11.9 Å². The summed E-state index contributed by atoms with van der Waals surface area (Å²) >= 11 is 0. The number of hydrogen-bond acceptors (Lipinski definition) is 5. The lowest BCUT2D eigenvalue weighted by atomic mass is 9.97. The normalized spacial score (nSPS) is 10.9. The fourth-order valence-corrected chi connectivity index (χ4v) is 1.30. The molecule has 1 rings (SSSR count). The summed E-state index contributed by atoms with van der Waals surface area (Å²) in [6, 6.07) is 3.61. The van der Waals surface area contributed by atoms with E-state index in [4.69, 9.17) is 5.26 Å². The van der Waals surface area contributed by atoms with Crippen molar-refractivity contribution >= 4 is 5.82 Å². The quantitative estimate of drug-likeness (QED) is 0.781. The predicted octanol–water partition coefficient (Wildman–Crippen LogP) is 1.31. The summed E-state index contributed by atoms with van der Waals surface area (Å²) in [5, 5.41) is 29.4. The molecule has 86 valence electrons. The number of aliphatic hydroxyl groups is 1. The molecule has 0 saturated heterocycles. The molecule has 1 heterocycles. The van der Waals surface area contributed by atoms with Gasteiger partial charge in [0.2, 0.25) is 0 Å². The second-order valence-electron chi connectivity index (χ2n) is 3.69. The highest BCUT2D eigenvalue weighted by Crippen LogP contribution is 2.16. The largest absolute Gasteiger partial charge is 0.388 e. The molecule has 0 bridgehead atoms. The molecule has 16 heavy (non-hydrogen) atoms. The predicted molar refractivity (Wildman–Crippen MR) is 60.8 cm³/mol. The Morgan fingerprint density at radius 3 is 2.75 bits per heavy atom. The first-order chi connectivity index (χ1) is 7.65. The maximum Gasteiger partial charge on any atom is 0.166 e. The van der Waals surface area contributed by atoms with Gasteiger partial charge >= 0.3 is 0 Å². The molecule has 0 radical (unpaired) electrons. The highest BCUT2D eigenvalue weighted by Gasteiger charge is 2.22. The Labute approximate surface area is 95.1 Å². The van der Waals surface area contributed by atoms with Crippen LogP contribution in [-0.2, 0) is 0 Å². The van der Waals surface area contributed by atoms with Gasteiger partial charge in [0.25, 0.3) is 0 Å². The van der Waals surface area contributed by atoms with Crippen LogP contribution in [0.1, 0.15) is 32.3 Å². The van der Waals surface area contributed by atoms with Gasteiger partial charge in [-0.1, -0.05) is 13.8 Å². The number of nitrogens with zero attached hydrogens (tertiary/aromatic N) is 3. The van der Waals surface area contributed by atoms with Crippen molar-refractivity contribution in [3.63, 3.8) is 0 Å². The Hall–Kier alpha value is -1.67. The van der Waals surface area contributed by atoms with Gasteiger partial charge in [-0.25, -0.2) is 0 Å². The van der Waals surface area contributed by atoms with E-state index in [1.54, 1.807) is 6.07 Å². The minimum atomic E-state index is -0.760. The molecule has 5 heteroatoms. The summed E-state index contributed by atoms with van der Waals surface area (Å²) in [5.74, 6) is 0.422. The molecule has 0 aliphatic heterocycles. The van der Waals surface area contributed by atoms with Crippen molar-refractivity contribution in [3.05, 3.63) is 17.8 Å². The van der Waals surface area contributed by atoms with E-state index in [1.165, 1.54) is 6.20 Å². The Kier molecular flexibility index (Phi) is 4.20. The third kappa shape index (κ3) is 2.91. The minimum Gasteiger partial charge on any atom is -0.388 e. The first kappa shape index (κ1) is 12.4. The lowest BCUT2D eigenvalue weighted by Crippen LogP contribution is -2.35. The highest BCUT2D eigenvalue weighted by molar-refractivity contribution is 5.50. The first-order valence-corrected chi connectivity index (χ1v) is 5.33. The van der Waals surface area contributed by atoms with Crippen molar-refractivity contribution in [2.24, 2.45) is 0 Å². The fraction of sp³-hybridized carbons (Fsp3) is 0.545. The van der Waals surface area contributed by atoms with E-state index >= 15 is 0 Å². The average Bonchev–Trinajstić information content (AvgIpc) is 2.36. The van der Waals surface area contributed by atoms with Gasteiger partial charge in [0.15, 0.2) is 5.82 Å². The lowest BCUT2D eigenvalue weighted by molar-refractivity contribution is 0.0456. The topological polar surface area (TPSA) is 81.8 Å². The smallest absolute Gasteiger partial charge is 0.166 e. The van der Waals surface area contributed by atoms with Crippen LogP contribution in [0.3, 0.4) is 0 Å². The third-order valence-electron chi connectivity index (χ3n) is 2.74. The number of hydrogen-bond donors (Lipinski definition) is 2. The number of rotatable bonds is 5. The van der Waals surface area contributed by atoms with Gasteiger partial charge in [0.1, 0.15) is 6.07 Å². The monoisotopic (exact) mass is 220 g/mol. The molecule has 1 aromatic rings. The summed E-state index contributed by atoms with van der Waals surface area (Å²) in [5.41, 5.74) is -0.325. The molecular formula is C11H16N4O. The van der Waals surface area contributed by atoms with Crippen molar-refractivity contribution in [2.45, 2.75) is 32.3 Å². The van der Waals surface area contributed by atoms with E-state index in [-0.39, 0.29) is 0 Å². The zero-order valence-electron chi connectivity index (χ0n) is 9.56. The zero-order valence-corrected chi connectivity index (χ0v) is 9.56. The zero-order chi connectivity index (χ0) is 12.0. The van der Waals surface area contributed by atoms with Crippen LogP contribution in [0.4, 0.5) is 5.82 Å². The molecule has 0 spiro atoms. The number of nitriles is 1. The molecule has 0 aromatic carbocycles. The third-order valence-corrected chi connectivity index (χ3v) is 2.74. The van der Waals surface area contributed by atoms with Crippen LogP contribution >= 0.6 is 0 Å². The molecule has 0 unspecified atom stereocenters. The molecular weight excluding hydrogens is 204 g/mol. The van der Waals surface area contributed by atoms with Crippen LogP contribution in [0.2, 0.25) is 0 Å². The maximum absolute atomic E-state index is 10.1. The number of nitrogens with one attached hydrogen (secondary N) is 1. The van der Waals surface area contributed by atoms with Gasteiger partial charge in [-0.15, -0.1) is 5.10 Å². The number of anilines is 1. The summed E-state index contributed by atoms with van der Waals surface area (Å²) in [4.78, 5) is 0. The van der Waals surface area contributed by atoms with Crippen molar-refractivity contribution < 1.29 is 5.11 Å². The van der Waals surface area contributed by atoms with Gasteiger partial charge in [-0.2, -0.15) is 10.4 Å². The van der Waals surface area contributed by atoms with Crippen LogP contribution < -0.4 is 5.32 Å². The second kappa shape index (κ2) is 5.42. The van der Waals surface area contributed by atoms with Crippen molar-refractivity contribution in [3.8, 4) is 6.07 Å². The van der Waals surface area contributed by atoms with Crippen molar-refractivity contribution in [1.29, 1.82) is 5.26 Å². The average molecular weight is 220 g/mol. The Morgan fingerprint density at radius 2 is 2.19 bits per heavy atom. The van der Waals surface area contributed by atoms with E-state index in [1.807, 2.05) is 19.9 Å². The maximum atomic E-state index is 10.1. The Balaban J connectivity index is 2.72.